The molecule has 0 aromatic rings. The van der Waals surface area contributed by atoms with Crippen molar-refractivity contribution < 1.29 is 0 Å². The van der Waals surface area contributed by atoms with Gasteiger partial charge in [0.25, 0.3) is 0 Å². The van der Waals surface area contributed by atoms with Crippen LogP contribution in [0.25, 0.3) is 0 Å². The van der Waals surface area contributed by atoms with Crippen LogP contribution in [0.4, 0.5) is 0 Å². The van der Waals surface area contributed by atoms with Crippen LogP contribution >= 0.6 is 0 Å². The molecule has 23 valence electrons. The molecule has 0 saturated heterocycles. The normalized spacial score (nSPS) is 6.00. The number of hydrogen-bond acceptors (Lipinski definition) is 1. The van der Waals surface area contributed by atoms with Crippen molar-refractivity contribution in [2.45, 2.75) is 0 Å². The monoisotopic (exact) mass is 58.0 g/mol. The summed E-state index contributed by atoms with van der Waals surface area (Å²) in [6.07, 6.45) is 0. The van der Waals surface area contributed by atoms with Gasteiger partial charge >= 0.3 is 0 Å². The van der Waals surface area contributed by atoms with Gasteiger partial charge in [0, 0.05) is 0 Å². The zero-order valence-electron chi connectivity index (χ0n) is 2.08. The quantitative estimate of drug-likeness (QED) is 0.276. The van der Waals surface area contributed by atoms with Gasteiger partial charge in [-0.15, -0.1) is 0 Å². The first-order valence-electron chi connectivity index (χ1n) is 0.789. The molecule has 0 aromatic heterocycles. The van der Waals surface area contributed by atoms with Crippen molar-refractivity contribution in [1.82, 2.24) is 5.73 Å². The molecule has 0 unspecified atom stereocenters. The highest BCUT2D eigenvalue weighted by molar-refractivity contribution is 5.70. The van der Waals surface area contributed by atoms with Gasteiger partial charge in [0.15, 0.2) is 0 Å². The van der Waals surface area contributed by atoms with Gasteiger partial charge in [0.05, 0.1) is 0 Å². The zero-order chi connectivity index (χ0) is 3.58. The van der Waals surface area contributed by atoms with E-state index in [1.54, 1.807) is 0 Å². The van der Waals surface area contributed by atoms with Crippen molar-refractivity contribution >= 4 is 5.96 Å². The number of guanidine groups is 1. The van der Waals surface area contributed by atoms with Gasteiger partial charge in [-0.1, -0.05) is 0 Å². The standard InChI is InChI=1S/CH4N3/c2-1(3)4/h2H,(H3,3,4). The van der Waals surface area contributed by atoms with Crippen molar-refractivity contribution in [2.24, 2.45) is 5.73 Å². The van der Waals surface area contributed by atoms with Gasteiger partial charge in [-0.2, -0.15) is 0 Å². The third-order valence-corrected chi connectivity index (χ3v) is 0. The Labute approximate surface area is 24.1 Å². The molecule has 0 spiro atoms. The lowest BCUT2D eigenvalue weighted by molar-refractivity contribution is 1.36. The molecule has 1 radical (unpaired) electrons. The topological polar surface area (TPSA) is 73.7 Å². The second kappa shape index (κ2) is 0.711. The highest BCUT2D eigenvalue weighted by atomic mass is 14.9. The Hall–Kier alpha value is -0.730. The van der Waals surface area contributed by atoms with Crippen molar-refractivity contribution in [1.29, 1.82) is 5.41 Å². The molecule has 3 nitrogen and oxygen atoms in total. The molecule has 0 aliphatic rings. The molecule has 0 bridgehead atoms. The van der Waals surface area contributed by atoms with Gasteiger partial charge in [-0.05, 0) is 0 Å². The fourth-order valence-corrected chi connectivity index (χ4v) is 0. The van der Waals surface area contributed by atoms with Crippen LogP contribution < -0.4 is 11.5 Å². The van der Waals surface area contributed by atoms with E-state index in [0.29, 0.717) is 0 Å². The smallest absolute Gasteiger partial charge is 0.204 e. The third kappa shape index (κ3) is 0.174. The summed E-state index contributed by atoms with van der Waals surface area (Å²) in [5.41, 5.74) is 10.3. The molecule has 4 heavy (non-hydrogen) atoms. The van der Waals surface area contributed by atoms with Gasteiger partial charge in [-0.25, -0.2) is 0 Å². The number of nitrogens with two attached hydrogens (primary N) is 1. The van der Waals surface area contributed by atoms with E-state index < -0.39 is 5.96 Å². The van der Waals surface area contributed by atoms with Crippen molar-refractivity contribution in [3.8, 4) is 0 Å². The molecule has 0 saturated carbocycles. The van der Waals surface area contributed by atoms with Crippen molar-refractivity contribution in [2.75, 3.05) is 0 Å². The average Bonchev–Trinajstić information content (AvgIpc) is 0.811. The Bertz CT molecular complexity index is 26.3. The number of hydrogen-bond donors (Lipinski definition) is 2. The second-order valence-electron chi connectivity index (χ2n) is 0.414. The van der Waals surface area contributed by atoms with E-state index >= 15 is 0 Å². The fraction of sp³-hybridized carbons (Fsp3) is 0. The van der Waals surface area contributed by atoms with E-state index in [2.05, 4.69) is 5.73 Å². The Morgan fingerprint density at radius 3 is 1.75 bits per heavy atom. The van der Waals surface area contributed by atoms with Gasteiger partial charge < -0.3 is 5.73 Å². The molecular weight excluding hydrogens is 54.0 g/mol. The van der Waals surface area contributed by atoms with Gasteiger partial charge in [-0.3, -0.25) is 11.1 Å². The van der Waals surface area contributed by atoms with Crippen LogP contribution in [-0.2, 0) is 0 Å². The van der Waals surface area contributed by atoms with E-state index in [9.17, 15) is 0 Å². The predicted molar refractivity (Wildman–Crippen MR) is 15.0 cm³/mol. The summed E-state index contributed by atoms with van der Waals surface area (Å²) < 4.78 is 0. The molecule has 4 N–H and O–H groups in total. The van der Waals surface area contributed by atoms with Crippen LogP contribution in [-0.4, -0.2) is 5.96 Å². The molecule has 0 rings (SSSR count). The van der Waals surface area contributed by atoms with Crippen LogP contribution in [0.3, 0.4) is 0 Å². The van der Waals surface area contributed by atoms with E-state index in [-0.39, 0.29) is 0 Å². The first kappa shape index (κ1) is 3.27. The molecule has 0 aliphatic carbocycles. The Morgan fingerprint density at radius 1 is 1.75 bits per heavy atom. The van der Waals surface area contributed by atoms with Crippen LogP contribution in [0.5, 0.6) is 0 Å². The zero-order valence-corrected chi connectivity index (χ0v) is 2.08. The van der Waals surface area contributed by atoms with Crippen LogP contribution in [0.15, 0.2) is 0 Å². The van der Waals surface area contributed by atoms with E-state index in [0.717, 1.165) is 0 Å². The molecule has 0 aromatic carbocycles. The lowest BCUT2D eigenvalue weighted by Crippen LogP contribution is -2.08. The van der Waals surface area contributed by atoms with Crippen molar-refractivity contribution in [3.63, 3.8) is 0 Å². The molecule has 0 aliphatic heterocycles. The van der Waals surface area contributed by atoms with Gasteiger partial charge in [0.1, 0.15) is 0 Å². The average molecular weight is 58.1 g/mol. The first-order chi connectivity index (χ1) is 1.73. The Morgan fingerprint density at radius 2 is 1.75 bits per heavy atom. The Kier molecular flexibility index (Phi) is 0.581. The highest BCUT2D eigenvalue weighted by Crippen LogP contribution is 1.21. The van der Waals surface area contributed by atoms with Gasteiger partial charge in [0.2, 0.25) is 5.96 Å². The van der Waals surface area contributed by atoms with Crippen molar-refractivity contribution in [3.05, 3.63) is 0 Å². The molecular formula is CH4N3. The SMILES string of the molecule is [NH]C(=N)N. The van der Waals surface area contributed by atoms with E-state index in [1.807, 2.05) is 0 Å². The molecule has 3 heteroatoms. The summed E-state index contributed by atoms with van der Waals surface area (Å²) in [6, 6.07) is 0. The maximum absolute atomic E-state index is 5.94. The van der Waals surface area contributed by atoms with E-state index in [4.69, 9.17) is 11.1 Å². The first-order valence-corrected chi connectivity index (χ1v) is 0.789. The predicted octanol–water partition coefficient (Wildman–Crippen LogP) is -0.837. The maximum atomic E-state index is 5.94. The summed E-state index contributed by atoms with van der Waals surface area (Å²) in [5.74, 6) is -0.583. The number of nitrogens with one attached hydrogen (secondary N) is 2. The lowest BCUT2D eigenvalue weighted by atomic mass is 11.1. The molecule has 0 heterocycles. The Balaban J connectivity index is 2.80. The minimum Gasteiger partial charge on any atom is -0.369 e. The van der Waals surface area contributed by atoms with Crippen LogP contribution in [0.1, 0.15) is 0 Å². The number of rotatable bonds is 0. The molecule has 0 fully saturated rings. The summed E-state index contributed by atoms with van der Waals surface area (Å²) in [6.45, 7) is 0. The minimum atomic E-state index is -0.583. The molecule has 0 amide bonds. The van der Waals surface area contributed by atoms with Crippen LogP contribution in [0.2, 0.25) is 0 Å². The third-order valence-electron chi connectivity index (χ3n) is 0. The summed E-state index contributed by atoms with van der Waals surface area (Å²) in [4.78, 5) is 0. The highest BCUT2D eigenvalue weighted by Gasteiger charge is 1.55. The maximum Gasteiger partial charge on any atom is 0.204 e. The van der Waals surface area contributed by atoms with E-state index in [1.165, 1.54) is 0 Å². The summed E-state index contributed by atoms with van der Waals surface area (Å²) >= 11 is 0. The lowest BCUT2D eigenvalue weighted by Gasteiger charge is -1.65. The minimum absolute atomic E-state index is 0.583. The second-order valence-corrected chi connectivity index (χ2v) is 0.414. The van der Waals surface area contributed by atoms with Crippen LogP contribution in [0, 0.1) is 5.41 Å². The fourth-order valence-electron chi connectivity index (χ4n) is 0. The summed E-state index contributed by atoms with van der Waals surface area (Å²) in [7, 11) is 0. The largest absolute Gasteiger partial charge is 0.369 e. The molecule has 0 atom stereocenters. The summed E-state index contributed by atoms with van der Waals surface area (Å²) in [5, 5.41) is 5.94.